The van der Waals surface area contributed by atoms with Crippen molar-refractivity contribution in [3.63, 3.8) is 0 Å². The first kappa shape index (κ1) is 14.0. The van der Waals surface area contributed by atoms with Gasteiger partial charge >= 0.3 is 6.09 Å². The molecule has 3 nitrogen and oxygen atoms in total. The maximum absolute atomic E-state index is 11.3. The Balaban J connectivity index is 3.71. The second-order valence-electron chi connectivity index (χ2n) is 4.26. The third-order valence-electron chi connectivity index (χ3n) is 1.48. The van der Waals surface area contributed by atoms with Crippen molar-refractivity contribution in [2.75, 3.05) is 0 Å². The lowest BCUT2D eigenvalue weighted by molar-refractivity contribution is 0.0523. The van der Waals surface area contributed by atoms with Crippen molar-refractivity contribution in [2.45, 2.75) is 56.6 Å². The van der Waals surface area contributed by atoms with Gasteiger partial charge in [0.05, 0.1) is 4.05 Å². The molecule has 0 aromatic heterocycles. The van der Waals surface area contributed by atoms with E-state index in [9.17, 15) is 4.79 Å². The van der Waals surface area contributed by atoms with E-state index >= 15 is 0 Å². The Morgan fingerprint density at radius 3 is 2.50 bits per heavy atom. The fourth-order valence-corrected chi connectivity index (χ4v) is 1.59. The molecule has 0 fully saturated rings. The van der Waals surface area contributed by atoms with Gasteiger partial charge < -0.3 is 10.1 Å². The average molecular weight is 313 g/mol. The fraction of sp³-hybridized carbons (Fsp3) is 0.900. The van der Waals surface area contributed by atoms with Crippen molar-refractivity contribution in [1.82, 2.24) is 5.32 Å². The summed E-state index contributed by atoms with van der Waals surface area (Å²) in [5, 5.41) is 2.80. The molecule has 1 amide bonds. The lowest BCUT2D eigenvalue weighted by Gasteiger charge is -2.21. The zero-order chi connectivity index (χ0) is 11.2. The molecule has 1 N–H and O–H groups in total. The zero-order valence-corrected chi connectivity index (χ0v) is 11.6. The number of hydrogen-bond donors (Lipinski definition) is 1. The van der Waals surface area contributed by atoms with Gasteiger partial charge in [-0.15, -0.1) is 0 Å². The largest absolute Gasteiger partial charge is 0.444 e. The number of alkyl carbamates (subject to hydrolysis) is 1. The predicted molar refractivity (Wildman–Crippen MR) is 66.7 cm³/mol. The van der Waals surface area contributed by atoms with Gasteiger partial charge in [0, 0.05) is 0 Å². The van der Waals surface area contributed by atoms with Crippen LogP contribution in [0.5, 0.6) is 0 Å². The smallest absolute Gasteiger partial charge is 0.408 e. The number of rotatable bonds is 4. The fourth-order valence-electron chi connectivity index (χ4n) is 0.891. The summed E-state index contributed by atoms with van der Waals surface area (Å²) in [5.41, 5.74) is -0.412. The van der Waals surface area contributed by atoms with Gasteiger partial charge in [-0.25, -0.2) is 4.79 Å². The second-order valence-corrected chi connectivity index (χ2v) is 5.76. The molecule has 0 rings (SSSR count). The minimum Gasteiger partial charge on any atom is -0.444 e. The van der Waals surface area contributed by atoms with E-state index in [1.807, 2.05) is 20.8 Å². The van der Waals surface area contributed by atoms with Gasteiger partial charge in [0.25, 0.3) is 0 Å². The van der Waals surface area contributed by atoms with Crippen LogP contribution in [-0.4, -0.2) is 15.7 Å². The minimum atomic E-state index is -0.412. The van der Waals surface area contributed by atoms with Crippen molar-refractivity contribution in [1.29, 1.82) is 0 Å². The van der Waals surface area contributed by atoms with Crippen LogP contribution in [0.4, 0.5) is 4.79 Å². The predicted octanol–water partition coefficient (Wildman–Crippen LogP) is 3.46. The maximum Gasteiger partial charge on any atom is 0.408 e. The number of alkyl halides is 1. The van der Waals surface area contributed by atoms with E-state index in [1.165, 1.54) is 0 Å². The Hall–Kier alpha value is 0. The molecule has 0 aliphatic rings. The molecule has 0 heterocycles. The van der Waals surface area contributed by atoms with Crippen LogP contribution in [0.15, 0.2) is 0 Å². The highest BCUT2D eigenvalue weighted by atomic mass is 127. The number of unbranched alkanes of at least 4 members (excludes halogenated alkanes) is 1. The molecule has 0 saturated heterocycles. The molecule has 0 aliphatic carbocycles. The summed E-state index contributed by atoms with van der Waals surface area (Å²) < 4.78 is 5.30. The molecule has 84 valence electrons. The molecule has 0 saturated carbocycles. The third-order valence-corrected chi connectivity index (χ3v) is 2.42. The molecular weight excluding hydrogens is 293 g/mol. The average Bonchev–Trinajstić information content (AvgIpc) is 1.96. The lowest BCUT2D eigenvalue weighted by Crippen LogP contribution is -2.36. The zero-order valence-electron chi connectivity index (χ0n) is 9.39. The lowest BCUT2D eigenvalue weighted by atomic mass is 10.2. The number of halogens is 1. The molecule has 4 heteroatoms. The van der Waals surface area contributed by atoms with Gasteiger partial charge in [0.15, 0.2) is 0 Å². The molecule has 1 atom stereocenters. The highest BCUT2D eigenvalue weighted by Crippen LogP contribution is 2.10. The first-order valence-corrected chi connectivity index (χ1v) is 6.23. The summed E-state index contributed by atoms with van der Waals surface area (Å²) >= 11 is 2.22. The standard InChI is InChI=1S/C10H20INO2/c1-5-6-7-8(11)12-9(13)14-10(2,3)4/h8H,5-7H2,1-4H3,(H,12,13)/t8-/m1/s1. The van der Waals surface area contributed by atoms with Crippen molar-refractivity contribution in [2.24, 2.45) is 0 Å². The van der Waals surface area contributed by atoms with Crippen LogP contribution in [0.1, 0.15) is 47.0 Å². The van der Waals surface area contributed by atoms with Crippen molar-refractivity contribution in [3.05, 3.63) is 0 Å². The van der Waals surface area contributed by atoms with Crippen LogP contribution in [0.3, 0.4) is 0 Å². The Bertz CT molecular complexity index is 177. The number of hydrogen-bond acceptors (Lipinski definition) is 2. The molecule has 0 bridgehead atoms. The van der Waals surface area contributed by atoms with Gasteiger partial charge in [-0.2, -0.15) is 0 Å². The van der Waals surface area contributed by atoms with Crippen LogP contribution in [0.2, 0.25) is 0 Å². The highest BCUT2D eigenvalue weighted by molar-refractivity contribution is 14.1. The summed E-state index contributed by atoms with van der Waals surface area (Å²) in [5.74, 6) is 0. The first-order chi connectivity index (χ1) is 6.35. The SMILES string of the molecule is CCCC[C@H](I)NC(=O)OC(C)(C)C. The number of carbonyl (C=O) groups is 1. The van der Waals surface area contributed by atoms with Crippen LogP contribution in [-0.2, 0) is 4.74 Å². The van der Waals surface area contributed by atoms with Crippen LogP contribution >= 0.6 is 22.6 Å². The van der Waals surface area contributed by atoms with E-state index in [0.717, 1.165) is 19.3 Å². The summed E-state index contributed by atoms with van der Waals surface area (Å²) in [6.45, 7) is 7.72. The van der Waals surface area contributed by atoms with Gasteiger partial charge in [-0.3, -0.25) is 0 Å². The first-order valence-electron chi connectivity index (χ1n) is 4.98. The molecule has 0 aromatic carbocycles. The van der Waals surface area contributed by atoms with E-state index in [2.05, 4.69) is 34.8 Å². The van der Waals surface area contributed by atoms with Crippen LogP contribution < -0.4 is 5.32 Å². The third kappa shape index (κ3) is 8.59. The second kappa shape index (κ2) is 6.48. The molecule has 14 heavy (non-hydrogen) atoms. The molecule has 0 spiro atoms. The normalized spacial score (nSPS) is 13.5. The number of nitrogens with one attached hydrogen (secondary N) is 1. The molecule has 0 aliphatic heterocycles. The van der Waals surface area contributed by atoms with Crippen LogP contribution in [0.25, 0.3) is 0 Å². The number of ether oxygens (including phenoxy) is 1. The van der Waals surface area contributed by atoms with Gasteiger partial charge in [0.1, 0.15) is 5.60 Å². The quantitative estimate of drug-likeness (QED) is 0.490. The Morgan fingerprint density at radius 1 is 1.50 bits per heavy atom. The van der Waals surface area contributed by atoms with E-state index in [1.54, 1.807) is 0 Å². The molecule has 0 aromatic rings. The van der Waals surface area contributed by atoms with Crippen molar-refractivity contribution < 1.29 is 9.53 Å². The number of amides is 1. The number of carbonyl (C=O) groups excluding carboxylic acids is 1. The minimum absolute atomic E-state index is 0.169. The van der Waals surface area contributed by atoms with E-state index < -0.39 is 5.60 Å². The van der Waals surface area contributed by atoms with Crippen molar-refractivity contribution in [3.8, 4) is 0 Å². The summed E-state index contributed by atoms with van der Waals surface area (Å²) in [6.07, 6.45) is 2.95. The Labute approximate surface area is 100 Å². The van der Waals surface area contributed by atoms with Gasteiger partial charge in [0.2, 0.25) is 0 Å². The van der Waals surface area contributed by atoms with E-state index in [0.29, 0.717) is 0 Å². The maximum atomic E-state index is 11.3. The van der Waals surface area contributed by atoms with Crippen LogP contribution in [0, 0.1) is 0 Å². The topological polar surface area (TPSA) is 38.3 Å². The highest BCUT2D eigenvalue weighted by Gasteiger charge is 2.17. The van der Waals surface area contributed by atoms with Gasteiger partial charge in [-0.05, 0) is 27.2 Å². The van der Waals surface area contributed by atoms with E-state index in [4.69, 9.17) is 4.74 Å². The van der Waals surface area contributed by atoms with Crippen molar-refractivity contribution >= 4 is 28.7 Å². The summed E-state index contributed by atoms with van der Waals surface area (Å²) in [6, 6.07) is 0. The Kier molecular flexibility index (Phi) is 6.48. The molecular formula is C10H20INO2. The Morgan fingerprint density at radius 2 is 2.07 bits per heavy atom. The van der Waals surface area contributed by atoms with Gasteiger partial charge in [-0.1, -0.05) is 42.4 Å². The summed E-state index contributed by atoms with van der Waals surface area (Å²) in [7, 11) is 0. The van der Waals surface area contributed by atoms with E-state index in [-0.39, 0.29) is 10.1 Å². The molecule has 0 unspecified atom stereocenters. The monoisotopic (exact) mass is 313 g/mol. The summed E-state index contributed by atoms with van der Waals surface area (Å²) in [4.78, 5) is 11.3. The molecule has 0 radical (unpaired) electrons.